The van der Waals surface area contributed by atoms with Crippen LogP contribution in [-0.4, -0.2) is 18.2 Å². The van der Waals surface area contributed by atoms with E-state index < -0.39 is 18.0 Å². The Kier molecular flexibility index (Phi) is 4.91. The zero-order valence-electron chi connectivity index (χ0n) is 11.4. The van der Waals surface area contributed by atoms with E-state index in [1.54, 1.807) is 0 Å². The van der Waals surface area contributed by atoms with Gasteiger partial charge >= 0.3 is 5.97 Å². The summed E-state index contributed by atoms with van der Waals surface area (Å²) in [5.74, 6) is -1.00. The Morgan fingerprint density at radius 1 is 1.05 bits per heavy atom. The minimum Gasteiger partial charge on any atom is -0.469 e. The van der Waals surface area contributed by atoms with Gasteiger partial charge in [-0.25, -0.2) is 0 Å². The molecule has 20 heavy (non-hydrogen) atoms. The fraction of sp³-hybridized carbons (Fsp3) is 0.235. The SMILES string of the molecule is COC(=O)[C@H](Cc1ccccc1)[C@@H](O)c1ccccc1. The second-order valence-corrected chi connectivity index (χ2v) is 4.67. The third kappa shape index (κ3) is 3.45. The predicted molar refractivity (Wildman–Crippen MR) is 77.1 cm³/mol. The lowest BCUT2D eigenvalue weighted by atomic mass is 9.90. The predicted octanol–water partition coefficient (Wildman–Crippen LogP) is 2.75. The number of ether oxygens (including phenoxy) is 1. The molecule has 3 nitrogen and oxygen atoms in total. The lowest BCUT2D eigenvalue weighted by Crippen LogP contribution is -2.25. The van der Waals surface area contributed by atoms with E-state index in [0.717, 1.165) is 11.1 Å². The van der Waals surface area contributed by atoms with Gasteiger partial charge in [-0.05, 0) is 17.5 Å². The first-order valence-electron chi connectivity index (χ1n) is 6.57. The van der Waals surface area contributed by atoms with Crippen LogP contribution in [0, 0.1) is 5.92 Å². The highest BCUT2D eigenvalue weighted by Gasteiger charge is 2.29. The summed E-state index contributed by atoms with van der Waals surface area (Å²) in [5.41, 5.74) is 1.72. The van der Waals surface area contributed by atoms with Crippen molar-refractivity contribution in [1.82, 2.24) is 0 Å². The van der Waals surface area contributed by atoms with Crippen LogP contribution in [-0.2, 0) is 16.0 Å². The molecular formula is C17H18O3. The van der Waals surface area contributed by atoms with Crippen molar-refractivity contribution in [3.05, 3.63) is 71.8 Å². The van der Waals surface area contributed by atoms with Gasteiger partial charge in [0.05, 0.1) is 19.1 Å². The highest BCUT2D eigenvalue weighted by atomic mass is 16.5. The van der Waals surface area contributed by atoms with Crippen LogP contribution >= 0.6 is 0 Å². The van der Waals surface area contributed by atoms with Gasteiger partial charge in [0.2, 0.25) is 0 Å². The molecule has 0 aliphatic heterocycles. The van der Waals surface area contributed by atoms with E-state index in [1.807, 2.05) is 60.7 Å². The quantitative estimate of drug-likeness (QED) is 0.850. The second-order valence-electron chi connectivity index (χ2n) is 4.67. The molecule has 104 valence electrons. The number of carbonyl (C=O) groups is 1. The van der Waals surface area contributed by atoms with E-state index in [9.17, 15) is 9.90 Å². The minimum absolute atomic E-state index is 0.398. The number of esters is 1. The summed E-state index contributed by atoms with van der Waals surface area (Å²) in [4.78, 5) is 11.9. The molecule has 0 unspecified atom stereocenters. The van der Waals surface area contributed by atoms with Crippen molar-refractivity contribution in [2.75, 3.05) is 7.11 Å². The average Bonchev–Trinajstić information content (AvgIpc) is 2.53. The summed E-state index contributed by atoms with van der Waals surface area (Å²) in [6.45, 7) is 0. The summed E-state index contributed by atoms with van der Waals surface area (Å²) in [7, 11) is 1.35. The summed E-state index contributed by atoms with van der Waals surface area (Å²) in [5, 5.41) is 10.4. The second kappa shape index (κ2) is 6.87. The molecule has 0 aliphatic rings. The molecule has 2 aromatic rings. The maximum Gasteiger partial charge on any atom is 0.311 e. The van der Waals surface area contributed by atoms with Gasteiger partial charge < -0.3 is 9.84 Å². The number of rotatable bonds is 5. The van der Waals surface area contributed by atoms with Crippen molar-refractivity contribution >= 4 is 5.97 Å². The average molecular weight is 270 g/mol. The number of methoxy groups -OCH3 is 1. The molecule has 0 amide bonds. The van der Waals surface area contributed by atoms with Gasteiger partial charge in [-0.3, -0.25) is 4.79 Å². The van der Waals surface area contributed by atoms with E-state index in [-0.39, 0.29) is 0 Å². The molecule has 0 bridgehead atoms. The van der Waals surface area contributed by atoms with Crippen molar-refractivity contribution in [2.45, 2.75) is 12.5 Å². The van der Waals surface area contributed by atoms with Gasteiger partial charge in [0.1, 0.15) is 0 Å². The Labute approximate surface area is 118 Å². The van der Waals surface area contributed by atoms with Gasteiger partial charge in [-0.1, -0.05) is 60.7 Å². The fourth-order valence-corrected chi connectivity index (χ4v) is 2.23. The lowest BCUT2D eigenvalue weighted by Gasteiger charge is -2.21. The zero-order valence-corrected chi connectivity index (χ0v) is 11.4. The molecule has 2 aromatic carbocycles. The Balaban J connectivity index is 2.22. The molecule has 0 radical (unpaired) electrons. The number of aliphatic hydroxyl groups is 1. The van der Waals surface area contributed by atoms with Crippen molar-refractivity contribution in [3.63, 3.8) is 0 Å². The number of aliphatic hydroxyl groups excluding tert-OH is 1. The van der Waals surface area contributed by atoms with E-state index in [1.165, 1.54) is 7.11 Å². The lowest BCUT2D eigenvalue weighted by molar-refractivity contribution is -0.149. The number of hydrogen-bond acceptors (Lipinski definition) is 3. The smallest absolute Gasteiger partial charge is 0.311 e. The van der Waals surface area contributed by atoms with Crippen molar-refractivity contribution in [1.29, 1.82) is 0 Å². The van der Waals surface area contributed by atoms with Gasteiger partial charge in [-0.15, -0.1) is 0 Å². The van der Waals surface area contributed by atoms with Crippen molar-refractivity contribution in [2.24, 2.45) is 5.92 Å². The number of carbonyl (C=O) groups excluding carboxylic acids is 1. The maximum absolute atomic E-state index is 11.9. The van der Waals surface area contributed by atoms with Crippen LogP contribution in [0.1, 0.15) is 17.2 Å². The van der Waals surface area contributed by atoms with E-state index in [0.29, 0.717) is 6.42 Å². The van der Waals surface area contributed by atoms with Crippen LogP contribution in [0.3, 0.4) is 0 Å². The largest absolute Gasteiger partial charge is 0.469 e. The standard InChI is InChI=1S/C17H18O3/c1-20-17(19)15(12-13-8-4-2-5-9-13)16(18)14-10-6-3-7-11-14/h2-11,15-16,18H,12H2,1H3/t15-,16+/m1/s1. The fourth-order valence-electron chi connectivity index (χ4n) is 2.23. The van der Waals surface area contributed by atoms with E-state index >= 15 is 0 Å². The van der Waals surface area contributed by atoms with Crippen molar-refractivity contribution in [3.8, 4) is 0 Å². The van der Waals surface area contributed by atoms with E-state index in [2.05, 4.69) is 0 Å². The molecule has 0 fully saturated rings. The maximum atomic E-state index is 11.9. The van der Waals surface area contributed by atoms with Gasteiger partial charge in [0.25, 0.3) is 0 Å². The van der Waals surface area contributed by atoms with E-state index in [4.69, 9.17) is 4.74 Å². The zero-order chi connectivity index (χ0) is 14.4. The number of hydrogen-bond donors (Lipinski definition) is 1. The molecule has 0 aliphatic carbocycles. The first kappa shape index (κ1) is 14.3. The Morgan fingerprint density at radius 3 is 2.15 bits per heavy atom. The third-order valence-electron chi connectivity index (χ3n) is 3.32. The van der Waals surface area contributed by atoms with Gasteiger partial charge in [0.15, 0.2) is 0 Å². The van der Waals surface area contributed by atoms with Crippen LogP contribution < -0.4 is 0 Å². The molecule has 1 N–H and O–H groups in total. The van der Waals surface area contributed by atoms with Crippen LogP contribution in [0.5, 0.6) is 0 Å². The summed E-state index contributed by atoms with van der Waals surface area (Å²) < 4.78 is 4.83. The number of benzene rings is 2. The van der Waals surface area contributed by atoms with Crippen molar-refractivity contribution < 1.29 is 14.6 Å². The molecule has 3 heteroatoms. The van der Waals surface area contributed by atoms with Crippen LogP contribution in [0.4, 0.5) is 0 Å². The molecular weight excluding hydrogens is 252 g/mol. The Hall–Kier alpha value is -2.13. The molecule has 2 atom stereocenters. The first-order valence-corrected chi connectivity index (χ1v) is 6.57. The topological polar surface area (TPSA) is 46.5 Å². The molecule has 0 saturated heterocycles. The normalized spacial score (nSPS) is 13.5. The molecule has 2 rings (SSSR count). The van der Waals surface area contributed by atoms with Gasteiger partial charge in [-0.2, -0.15) is 0 Å². The minimum atomic E-state index is -0.871. The molecule has 0 aromatic heterocycles. The van der Waals surface area contributed by atoms with Crippen LogP contribution in [0.2, 0.25) is 0 Å². The molecule has 0 heterocycles. The third-order valence-corrected chi connectivity index (χ3v) is 3.32. The first-order chi connectivity index (χ1) is 9.72. The summed E-state index contributed by atoms with van der Waals surface area (Å²) >= 11 is 0. The monoisotopic (exact) mass is 270 g/mol. The Morgan fingerprint density at radius 2 is 1.60 bits per heavy atom. The Bertz CT molecular complexity index is 537. The van der Waals surface area contributed by atoms with Gasteiger partial charge in [0, 0.05) is 0 Å². The summed E-state index contributed by atoms with van der Waals surface area (Å²) in [6, 6.07) is 18.8. The van der Waals surface area contributed by atoms with Crippen LogP contribution in [0.15, 0.2) is 60.7 Å². The van der Waals surface area contributed by atoms with Crippen LogP contribution in [0.25, 0.3) is 0 Å². The molecule has 0 saturated carbocycles. The summed E-state index contributed by atoms with van der Waals surface area (Å²) in [6.07, 6.45) is -0.423. The molecule has 0 spiro atoms. The highest BCUT2D eigenvalue weighted by Crippen LogP contribution is 2.26. The highest BCUT2D eigenvalue weighted by molar-refractivity contribution is 5.73.